The number of hydrogen-bond donors (Lipinski definition) is 3. The highest BCUT2D eigenvalue weighted by Gasteiger charge is 2.06. The van der Waals surface area contributed by atoms with Crippen LogP contribution in [0.25, 0.3) is 0 Å². The van der Waals surface area contributed by atoms with Gasteiger partial charge in [0.15, 0.2) is 0 Å². The number of aromatic amines is 1. The maximum absolute atomic E-state index is 11.8. The van der Waals surface area contributed by atoms with Gasteiger partial charge in [-0.2, -0.15) is 0 Å². The molecule has 0 aliphatic heterocycles. The molecule has 0 saturated heterocycles. The minimum Gasteiger partial charge on any atom is -0.392 e. The Morgan fingerprint density at radius 2 is 2.11 bits per heavy atom. The number of carbonyl (C=O) groups excluding carboxylic acids is 1. The highest BCUT2D eigenvalue weighted by Crippen LogP contribution is 2.11. The molecule has 3 N–H and O–H groups in total. The summed E-state index contributed by atoms with van der Waals surface area (Å²) in [5.74, 6) is -0.365. The van der Waals surface area contributed by atoms with E-state index >= 15 is 0 Å². The van der Waals surface area contributed by atoms with Crippen LogP contribution in [-0.2, 0) is 6.61 Å². The fraction of sp³-hybridized carbons (Fsp3) is 0.0769. The van der Waals surface area contributed by atoms with Gasteiger partial charge in [-0.05, 0) is 23.8 Å². The second kappa shape index (κ2) is 5.29. The van der Waals surface area contributed by atoms with Crippen molar-refractivity contribution in [3.63, 3.8) is 0 Å². The van der Waals surface area contributed by atoms with E-state index in [4.69, 9.17) is 5.11 Å². The second-order valence-electron chi connectivity index (χ2n) is 3.75. The summed E-state index contributed by atoms with van der Waals surface area (Å²) in [6.07, 6.45) is 1.42. The third-order valence-electron chi connectivity index (χ3n) is 2.40. The normalized spacial score (nSPS) is 10.1. The molecule has 1 aromatic heterocycles. The molecule has 0 aliphatic carbocycles. The van der Waals surface area contributed by atoms with Crippen molar-refractivity contribution >= 4 is 11.6 Å². The fourth-order valence-electron chi connectivity index (χ4n) is 1.54. The number of aliphatic hydroxyl groups excluding tert-OH is 1. The van der Waals surface area contributed by atoms with Crippen molar-refractivity contribution in [2.45, 2.75) is 6.61 Å². The first-order valence-electron chi connectivity index (χ1n) is 5.39. The molecule has 0 radical (unpaired) electrons. The Balaban J connectivity index is 2.18. The number of aliphatic hydroxyl groups is 1. The van der Waals surface area contributed by atoms with Gasteiger partial charge in [0.2, 0.25) is 5.56 Å². The first-order valence-corrected chi connectivity index (χ1v) is 5.39. The van der Waals surface area contributed by atoms with E-state index in [-0.39, 0.29) is 23.6 Å². The molecule has 0 fully saturated rings. The predicted octanol–water partition coefficient (Wildman–Crippen LogP) is 1.12. The predicted molar refractivity (Wildman–Crippen MR) is 67.4 cm³/mol. The summed E-state index contributed by atoms with van der Waals surface area (Å²) in [6.45, 7) is -0.0886. The number of H-pyrrole nitrogens is 1. The van der Waals surface area contributed by atoms with E-state index in [1.54, 1.807) is 24.3 Å². The quantitative estimate of drug-likeness (QED) is 0.756. The first kappa shape index (κ1) is 12.1. The maximum atomic E-state index is 11.8. The minimum absolute atomic E-state index is 0.0886. The molecule has 0 bridgehead atoms. The topological polar surface area (TPSA) is 82.2 Å². The van der Waals surface area contributed by atoms with Gasteiger partial charge in [0.25, 0.3) is 5.91 Å². The second-order valence-corrected chi connectivity index (χ2v) is 3.75. The Morgan fingerprint density at radius 3 is 2.83 bits per heavy atom. The van der Waals surface area contributed by atoms with Gasteiger partial charge in [-0.1, -0.05) is 12.1 Å². The maximum Gasteiger partial charge on any atom is 0.255 e. The van der Waals surface area contributed by atoms with E-state index in [1.807, 2.05) is 0 Å². The number of aromatic nitrogens is 1. The number of hydrogen-bond acceptors (Lipinski definition) is 3. The van der Waals surface area contributed by atoms with Gasteiger partial charge in [-0.25, -0.2) is 0 Å². The lowest BCUT2D eigenvalue weighted by Crippen LogP contribution is -2.15. The molecule has 0 unspecified atom stereocenters. The van der Waals surface area contributed by atoms with E-state index in [9.17, 15) is 9.59 Å². The molecule has 0 aliphatic rings. The van der Waals surface area contributed by atoms with Crippen molar-refractivity contribution in [1.29, 1.82) is 0 Å². The molecule has 2 aromatic rings. The Labute approximate surface area is 103 Å². The van der Waals surface area contributed by atoms with Crippen LogP contribution >= 0.6 is 0 Å². The third kappa shape index (κ3) is 2.83. The van der Waals surface area contributed by atoms with Crippen LogP contribution in [0.5, 0.6) is 0 Å². The standard InChI is InChI=1S/C13H12N2O3/c16-8-9-2-1-3-11(6-9)15-13(18)10-4-5-14-12(17)7-10/h1-7,16H,8H2,(H,14,17)(H,15,18). The summed E-state index contributed by atoms with van der Waals surface area (Å²) in [4.78, 5) is 25.4. The largest absolute Gasteiger partial charge is 0.392 e. The van der Waals surface area contributed by atoms with Gasteiger partial charge in [0, 0.05) is 23.5 Å². The van der Waals surface area contributed by atoms with Gasteiger partial charge < -0.3 is 15.4 Å². The zero-order chi connectivity index (χ0) is 13.0. The Bertz CT molecular complexity index is 619. The number of rotatable bonds is 3. The van der Waals surface area contributed by atoms with Crippen molar-refractivity contribution in [3.8, 4) is 0 Å². The summed E-state index contributed by atoms with van der Waals surface area (Å²) in [6, 6.07) is 9.62. The lowest BCUT2D eigenvalue weighted by Gasteiger charge is -2.06. The van der Waals surface area contributed by atoms with Crippen LogP contribution < -0.4 is 10.9 Å². The molecule has 0 saturated carbocycles. The Morgan fingerprint density at radius 1 is 1.28 bits per heavy atom. The van der Waals surface area contributed by atoms with Gasteiger partial charge >= 0.3 is 0 Å². The molecular formula is C13H12N2O3. The van der Waals surface area contributed by atoms with E-state index < -0.39 is 0 Å². The summed E-state index contributed by atoms with van der Waals surface area (Å²) in [5.41, 5.74) is 1.24. The van der Waals surface area contributed by atoms with Crippen molar-refractivity contribution in [2.75, 3.05) is 5.32 Å². The molecule has 1 amide bonds. The summed E-state index contributed by atoms with van der Waals surface area (Å²) in [5, 5.41) is 11.6. The van der Waals surface area contributed by atoms with E-state index in [0.29, 0.717) is 11.3 Å². The van der Waals surface area contributed by atoms with Crippen LogP contribution in [0.3, 0.4) is 0 Å². The monoisotopic (exact) mass is 244 g/mol. The van der Waals surface area contributed by atoms with Crippen LogP contribution in [0, 0.1) is 0 Å². The fourth-order valence-corrected chi connectivity index (χ4v) is 1.54. The molecule has 0 atom stereocenters. The van der Waals surface area contributed by atoms with Crippen LogP contribution in [0.4, 0.5) is 5.69 Å². The molecule has 0 spiro atoms. The van der Waals surface area contributed by atoms with Crippen LogP contribution in [0.15, 0.2) is 47.4 Å². The molecule has 1 aromatic carbocycles. The highest BCUT2D eigenvalue weighted by molar-refractivity contribution is 6.04. The number of carbonyl (C=O) groups is 1. The average molecular weight is 244 g/mol. The third-order valence-corrected chi connectivity index (χ3v) is 2.40. The minimum atomic E-state index is -0.365. The summed E-state index contributed by atoms with van der Waals surface area (Å²) in [7, 11) is 0. The SMILES string of the molecule is O=C(Nc1cccc(CO)c1)c1cc[nH]c(=O)c1. The molecule has 92 valence electrons. The van der Waals surface area contributed by atoms with Crippen molar-refractivity contribution in [1.82, 2.24) is 4.98 Å². The zero-order valence-corrected chi connectivity index (χ0v) is 9.51. The molecule has 2 rings (SSSR count). The first-order chi connectivity index (χ1) is 8.69. The molecule has 1 heterocycles. The number of benzene rings is 1. The smallest absolute Gasteiger partial charge is 0.255 e. The van der Waals surface area contributed by atoms with E-state index in [0.717, 1.165) is 0 Å². The van der Waals surface area contributed by atoms with Gasteiger partial charge in [-0.3, -0.25) is 9.59 Å². The molecular weight excluding hydrogens is 232 g/mol. The highest BCUT2D eigenvalue weighted by atomic mass is 16.3. The molecule has 5 heteroatoms. The Hall–Kier alpha value is -2.40. The van der Waals surface area contributed by atoms with Gasteiger partial charge in [-0.15, -0.1) is 0 Å². The van der Waals surface area contributed by atoms with Gasteiger partial charge in [0.05, 0.1) is 6.61 Å². The number of pyridine rings is 1. The Kier molecular flexibility index (Phi) is 3.54. The van der Waals surface area contributed by atoms with E-state index in [2.05, 4.69) is 10.3 Å². The van der Waals surface area contributed by atoms with Crippen molar-refractivity contribution < 1.29 is 9.90 Å². The van der Waals surface area contributed by atoms with E-state index in [1.165, 1.54) is 18.3 Å². The average Bonchev–Trinajstić information content (AvgIpc) is 2.39. The lowest BCUT2D eigenvalue weighted by atomic mass is 10.2. The molecule has 18 heavy (non-hydrogen) atoms. The number of nitrogens with one attached hydrogen (secondary N) is 2. The van der Waals surface area contributed by atoms with Crippen LogP contribution in [-0.4, -0.2) is 16.0 Å². The summed E-state index contributed by atoms with van der Waals surface area (Å²) >= 11 is 0. The van der Waals surface area contributed by atoms with Crippen molar-refractivity contribution in [2.24, 2.45) is 0 Å². The van der Waals surface area contributed by atoms with Crippen LogP contribution in [0.1, 0.15) is 15.9 Å². The number of anilines is 1. The molecule has 5 nitrogen and oxygen atoms in total. The lowest BCUT2D eigenvalue weighted by molar-refractivity contribution is 0.102. The number of amides is 1. The van der Waals surface area contributed by atoms with Crippen molar-refractivity contribution in [3.05, 3.63) is 64.1 Å². The van der Waals surface area contributed by atoms with Gasteiger partial charge in [0.1, 0.15) is 0 Å². The zero-order valence-electron chi connectivity index (χ0n) is 9.51. The summed E-state index contributed by atoms with van der Waals surface area (Å²) < 4.78 is 0. The van der Waals surface area contributed by atoms with Crippen LogP contribution in [0.2, 0.25) is 0 Å².